The molecule has 0 aromatic heterocycles. The molecule has 1 saturated heterocycles. The number of methoxy groups -OCH3 is 1. The normalized spacial score (nSPS) is 23.3. The maximum absolute atomic E-state index is 12.8. The number of ether oxygens (including phenoxy) is 1. The van der Waals surface area contributed by atoms with E-state index >= 15 is 0 Å². The predicted molar refractivity (Wildman–Crippen MR) is 63.5 cm³/mol. The third-order valence-electron chi connectivity index (χ3n) is 3.33. The molecule has 2 rings (SSSR count). The molecule has 1 aromatic carbocycles. The van der Waals surface area contributed by atoms with Gasteiger partial charge in [0.25, 0.3) is 0 Å². The smallest absolute Gasteiger partial charge is 0.321 e. The summed E-state index contributed by atoms with van der Waals surface area (Å²) in [7, 11) is 1.27. The van der Waals surface area contributed by atoms with Crippen LogP contribution in [0.2, 0.25) is 0 Å². The molecule has 0 radical (unpaired) electrons. The molecule has 4 nitrogen and oxygen atoms in total. The van der Waals surface area contributed by atoms with Crippen molar-refractivity contribution in [3.8, 4) is 0 Å². The highest BCUT2D eigenvalue weighted by Gasteiger charge is 2.50. The second-order valence-corrected chi connectivity index (χ2v) is 4.51. The number of esters is 1. The molecule has 1 fully saturated rings. The summed E-state index contributed by atoms with van der Waals surface area (Å²) in [6.45, 7) is 2.00. The van der Waals surface area contributed by atoms with Crippen LogP contribution in [0.5, 0.6) is 0 Å². The number of hydrogen-bond acceptors (Lipinski definition) is 3. The monoisotopic (exact) mass is 251 g/mol. The van der Waals surface area contributed by atoms with Crippen molar-refractivity contribution in [1.29, 1.82) is 0 Å². The molecule has 0 bridgehead atoms. The summed E-state index contributed by atoms with van der Waals surface area (Å²) in [5, 5.41) is 0. The van der Waals surface area contributed by atoms with Gasteiger partial charge in [-0.25, -0.2) is 4.39 Å². The number of nitrogens with zero attached hydrogens (tertiary/aromatic N) is 1. The van der Waals surface area contributed by atoms with E-state index in [4.69, 9.17) is 0 Å². The van der Waals surface area contributed by atoms with Gasteiger partial charge in [-0.15, -0.1) is 0 Å². The van der Waals surface area contributed by atoms with Crippen molar-refractivity contribution in [3.05, 3.63) is 30.1 Å². The molecule has 1 amide bonds. The highest BCUT2D eigenvalue weighted by atomic mass is 19.1. The SMILES string of the molecule is COC(=O)C1(C)CCN(c2ccc(F)cc2)C1=O. The van der Waals surface area contributed by atoms with E-state index in [0.717, 1.165) is 0 Å². The lowest BCUT2D eigenvalue weighted by molar-refractivity contribution is -0.155. The van der Waals surface area contributed by atoms with Crippen LogP contribution in [0.1, 0.15) is 13.3 Å². The highest BCUT2D eigenvalue weighted by Crippen LogP contribution is 2.35. The van der Waals surface area contributed by atoms with Crippen molar-refractivity contribution < 1.29 is 18.7 Å². The fourth-order valence-electron chi connectivity index (χ4n) is 2.12. The molecular weight excluding hydrogens is 237 g/mol. The number of rotatable bonds is 2. The van der Waals surface area contributed by atoms with Crippen LogP contribution >= 0.6 is 0 Å². The van der Waals surface area contributed by atoms with Gasteiger partial charge in [0.1, 0.15) is 11.2 Å². The fraction of sp³-hybridized carbons (Fsp3) is 0.385. The Kier molecular flexibility index (Phi) is 3.07. The van der Waals surface area contributed by atoms with Crippen molar-refractivity contribution >= 4 is 17.6 Å². The van der Waals surface area contributed by atoms with Crippen molar-refractivity contribution in [3.63, 3.8) is 0 Å². The first-order chi connectivity index (χ1) is 8.49. The summed E-state index contributed by atoms with van der Waals surface area (Å²) >= 11 is 0. The van der Waals surface area contributed by atoms with Crippen molar-refractivity contribution in [1.82, 2.24) is 0 Å². The van der Waals surface area contributed by atoms with Crippen LogP contribution in [0, 0.1) is 11.2 Å². The third kappa shape index (κ3) is 1.85. The van der Waals surface area contributed by atoms with Crippen LogP contribution < -0.4 is 4.90 Å². The number of halogens is 1. The van der Waals surface area contributed by atoms with Gasteiger partial charge in [-0.2, -0.15) is 0 Å². The number of anilines is 1. The largest absolute Gasteiger partial charge is 0.468 e. The number of hydrogen-bond donors (Lipinski definition) is 0. The topological polar surface area (TPSA) is 46.6 Å². The summed E-state index contributed by atoms with van der Waals surface area (Å²) in [5.74, 6) is -1.20. The van der Waals surface area contributed by atoms with Crippen LogP contribution in [0.25, 0.3) is 0 Å². The van der Waals surface area contributed by atoms with Gasteiger partial charge >= 0.3 is 5.97 Å². The van der Waals surface area contributed by atoms with E-state index in [2.05, 4.69) is 4.74 Å². The van der Waals surface area contributed by atoms with Crippen LogP contribution in [-0.2, 0) is 14.3 Å². The van der Waals surface area contributed by atoms with Gasteiger partial charge in [0.2, 0.25) is 5.91 Å². The van der Waals surface area contributed by atoms with E-state index < -0.39 is 11.4 Å². The Labute approximate surface area is 104 Å². The number of benzene rings is 1. The molecule has 96 valence electrons. The molecule has 1 aromatic rings. The van der Waals surface area contributed by atoms with E-state index in [9.17, 15) is 14.0 Å². The fourth-order valence-corrected chi connectivity index (χ4v) is 2.12. The molecule has 0 aliphatic carbocycles. The Morgan fingerprint density at radius 1 is 1.39 bits per heavy atom. The Hall–Kier alpha value is -1.91. The Morgan fingerprint density at radius 2 is 2.00 bits per heavy atom. The Balaban J connectivity index is 2.27. The quantitative estimate of drug-likeness (QED) is 0.594. The van der Waals surface area contributed by atoms with E-state index in [1.54, 1.807) is 6.92 Å². The second-order valence-electron chi connectivity index (χ2n) is 4.51. The summed E-state index contributed by atoms with van der Waals surface area (Å²) < 4.78 is 17.5. The molecule has 1 aliphatic heterocycles. The first kappa shape index (κ1) is 12.5. The molecule has 0 saturated carbocycles. The zero-order valence-corrected chi connectivity index (χ0v) is 10.3. The molecule has 1 heterocycles. The number of amides is 1. The van der Waals surface area contributed by atoms with Crippen molar-refractivity contribution in [2.24, 2.45) is 5.41 Å². The zero-order chi connectivity index (χ0) is 13.3. The Morgan fingerprint density at radius 3 is 2.56 bits per heavy atom. The van der Waals surface area contributed by atoms with Crippen LogP contribution in [0.4, 0.5) is 10.1 Å². The standard InChI is InChI=1S/C13H14FNO3/c1-13(12(17)18-2)7-8-15(11(13)16)10-5-3-9(14)4-6-10/h3-6H,7-8H2,1-2H3. The van der Waals surface area contributed by atoms with Crippen LogP contribution in [0.3, 0.4) is 0 Å². The lowest BCUT2D eigenvalue weighted by Gasteiger charge is -2.21. The average Bonchev–Trinajstić information content (AvgIpc) is 2.68. The van der Waals surface area contributed by atoms with Crippen LogP contribution in [-0.4, -0.2) is 25.5 Å². The van der Waals surface area contributed by atoms with Crippen molar-refractivity contribution in [2.75, 3.05) is 18.6 Å². The van der Waals surface area contributed by atoms with Gasteiger partial charge in [-0.1, -0.05) is 0 Å². The minimum absolute atomic E-state index is 0.305. The van der Waals surface area contributed by atoms with Gasteiger partial charge in [-0.3, -0.25) is 9.59 Å². The van der Waals surface area contributed by atoms with Gasteiger partial charge in [0.15, 0.2) is 0 Å². The van der Waals surface area contributed by atoms with Gasteiger partial charge < -0.3 is 9.64 Å². The number of carbonyl (C=O) groups excluding carboxylic acids is 2. The van der Waals surface area contributed by atoms with Crippen molar-refractivity contribution in [2.45, 2.75) is 13.3 Å². The van der Waals surface area contributed by atoms with E-state index in [1.165, 1.54) is 36.3 Å². The summed E-state index contributed by atoms with van der Waals surface area (Å²) in [6.07, 6.45) is 0.399. The van der Waals surface area contributed by atoms with E-state index in [0.29, 0.717) is 18.7 Å². The molecule has 0 N–H and O–H groups in total. The van der Waals surface area contributed by atoms with Gasteiger partial charge in [0.05, 0.1) is 7.11 Å². The molecule has 0 spiro atoms. The maximum Gasteiger partial charge on any atom is 0.321 e. The Bertz CT molecular complexity index is 486. The summed E-state index contributed by atoms with van der Waals surface area (Å²) in [5.41, 5.74) is -0.544. The lowest BCUT2D eigenvalue weighted by atomic mass is 9.89. The second kappa shape index (κ2) is 4.40. The minimum atomic E-state index is -1.14. The third-order valence-corrected chi connectivity index (χ3v) is 3.33. The van der Waals surface area contributed by atoms with E-state index in [1.807, 2.05) is 0 Å². The molecular formula is C13H14FNO3. The zero-order valence-electron chi connectivity index (χ0n) is 10.3. The first-order valence-electron chi connectivity index (χ1n) is 5.65. The maximum atomic E-state index is 12.8. The minimum Gasteiger partial charge on any atom is -0.468 e. The first-order valence-corrected chi connectivity index (χ1v) is 5.65. The average molecular weight is 251 g/mol. The van der Waals surface area contributed by atoms with E-state index in [-0.39, 0.29) is 11.7 Å². The highest BCUT2D eigenvalue weighted by molar-refractivity contribution is 6.11. The number of carbonyl (C=O) groups is 2. The molecule has 18 heavy (non-hydrogen) atoms. The summed E-state index contributed by atoms with van der Waals surface area (Å²) in [6, 6.07) is 5.62. The lowest BCUT2D eigenvalue weighted by Crippen LogP contribution is -2.39. The summed E-state index contributed by atoms with van der Waals surface area (Å²) in [4.78, 5) is 25.4. The molecule has 5 heteroatoms. The van der Waals surface area contributed by atoms with Gasteiger partial charge in [-0.05, 0) is 37.6 Å². The van der Waals surface area contributed by atoms with Gasteiger partial charge in [0, 0.05) is 12.2 Å². The molecule has 1 aliphatic rings. The predicted octanol–water partition coefficient (Wildman–Crippen LogP) is 1.74. The van der Waals surface area contributed by atoms with Crippen LogP contribution in [0.15, 0.2) is 24.3 Å². The molecule has 1 unspecified atom stereocenters. The molecule has 1 atom stereocenters.